The number of aromatic nitrogens is 1. The highest BCUT2D eigenvalue weighted by molar-refractivity contribution is 5.96. The molecule has 1 amide bonds. The topological polar surface area (TPSA) is 103 Å². The third-order valence-corrected chi connectivity index (χ3v) is 5.55. The average molecular weight is 464 g/mol. The molecule has 0 aliphatic carbocycles. The van der Waals surface area contributed by atoms with E-state index < -0.39 is 22.8 Å². The monoisotopic (exact) mass is 463 g/mol. The Morgan fingerprint density at radius 3 is 2.35 bits per heavy atom. The number of nitro benzene ring substituents is 1. The molecule has 1 heterocycles. The van der Waals surface area contributed by atoms with Crippen LogP contribution in [-0.4, -0.2) is 27.5 Å². The first-order valence-electron chi connectivity index (χ1n) is 11.1. The van der Waals surface area contributed by atoms with Crippen molar-refractivity contribution in [1.82, 2.24) is 9.88 Å². The van der Waals surface area contributed by atoms with Gasteiger partial charge < -0.3 is 14.6 Å². The van der Waals surface area contributed by atoms with Crippen LogP contribution in [0.15, 0.2) is 60.7 Å². The number of nitrogens with one attached hydrogen (secondary N) is 1. The highest BCUT2D eigenvalue weighted by Gasteiger charge is 2.28. The minimum atomic E-state index is -0.919. The molecule has 0 aliphatic rings. The van der Waals surface area contributed by atoms with Crippen LogP contribution in [-0.2, 0) is 16.1 Å². The molecular weight excluding hydrogens is 434 g/mol. The van der Waals surface area contributed by atoms with Gasteiger partial charge in [0.05, 0.1) is 34.6 Å². The fraction of sp³-hybridized carbons (Fsp3) is 0.308. The van der Waals surface area contributed by atoms with Crippen LogP contribution in [0.25, 0.3) is 0 Å². The molecule has 1 unspecified atom stereocenters. The summed E-state index contributed by atoms with van der Waals surface area (Å²) in [7, 11) is 0. The van der Waals surface area contributed by atoms with Crippen molar-refractivity contribution in [3.05, 3.63) is 98.9 Å². The van der Waals surface area contributed by atoms with Gasteiger partial charge >= 0.3 is 5.97 Å². The van der Waals surface area contributed by atoms with Crippen molar-refractivity contribution in [1.29, 1.82) is 0 Å². The summed E-state index contributed by atoms with van der Waals surface area (Å²) in [4.78, 5) is 36.8. The predicted molar refractivity (Wildman–Crippen MR) is 129 cm³/mol. The number of amides is 1. The summed E-state index contributed by atoms with van der Waals surface area (Å²) < 4.78 is 7.28. The number of aryl methyl sites for hydroxylation is 1. The van der Waals surface area contributed by atoms with E-state index in [1.54, 1.807) is 38.1 Å². The fourth-order valence-electron chi connectivity index (χ4n) is 3.94. The summed E-state index contributed by atoms with van der Waals surface area (Å²) in [5.41, 5.74) is 3.32. The molecule has 1 N–H and O–H groups in total. The molecule has 8 heteroatoms. The highest BCUT2D eigenvalue weighted by atomic mass is 16.6. The van der Waals surface area contributed by atoms with E-state index in [4.69, 9.17) is 4.74 Å². The molecule has 0 aliphatic heterocycles. The zero-order valence-electron chi connectivity index (χ0n) is 19.8. The number of nitrogens with zero attached hydrogens (tertiary/aromatic N) is 2. The van der Waals surface area contributed by atoms with Gasteiger partial charge in [0.1, 0.15) is 0 Å². The number of ether oxygens (including phenoxy) is 1. The maximum atomic E-state index is 13.3. The van der Waals surface area contributed by atoms with E-state index in [0.717, 1.165) is 17.0 Å². The average Bonchev–Trinajstić information content (AvgIpc) is 3.07. The second-order valence-corrected chi connectivity index (χ2v) is 8.44. The number of carbonyl (C=O) groups excluding carboxylic acids is 2. The van der Waals surface area contributed by atoms with E-state index in [1.165, 1.54) is 6.07 Å². The van der Waals surface area contributed by atoms with Crippen LogP contribution in [0, 0.1) is 24.0 Å². The zero-order chi connectivity index (χ0) is 24.8. The first-order chi connectivity index (χ1) is 16.2. The standard InChI is InChI=1S/C26H29N3O5/c1-17(2)34-25(30)15-23(21-12-8-9-13-24(21)29(32)33)27-26(31)22-14-18(3)28(19(22)4)16-20-10-6-5-7-11-20/h5-14,17,23H,15-16H2,1-4H3,(H,27,31). The van der Waals surface area contributed by atoms with Crippen LogP contribution in [0.4, 0.5) is 5.69 Å². The van der Waals surface area contributed by atoms with Crippen LogP contribution >= 0.6 is 0 Å². The molecule has 3 aromatic rings. The Bertz CT molecular complexity index is 1180. The number of hydrogen-bond acceptors (Lipinski definition) is 5. The van der Waals surface area contributed by atoms with Crippen LogP contribution in [0.1, 0.15) is 59.2 Å². The van der Waals surface area contributed by atoms with Gasteiger partial charge in [-0.05, 0) is 39.3 Å². The van der Waals surface area contributed by atoms with Gasteiger partial charge in [-0.1, -0.05) is 48.5 Å². The largest absolute Gasteiger partial charge is 0.463 e. The van der Waals surface area contributed by atoms with Gasteiger partial charge in [-0.2, -0.15) is 0 Å². The Balaban J connectivity index is 1.91. The molecule has 1 atom stereocenters. The van der Waals surface area contributed by atoms with Crippen molar-refractivity contribution in [3.8, 4) is 0 Å². The number of esters is 1. The molecule has 0 radical (unpaired) electrons. The lowest BCUT2D eigenvalue weighted by molar-refractivity contribution is -0.385. The van der Waals surface area contributed by atoms with Crippen molar-refractivity contribution in [2.45, 2.75) is 52.8 Å². The SMILES string of the molecule is Cc1cc(C(=O)NC(CC(=O)OC(C)C)c2ccccc2[N+](=O)[O-])c(C)n1Cc1ccccc1. The molecule has 8 nitrogen and oxygen atoms in total. The minimum Gasteiger partial charge on any atom is -0.463 e. The Morgan fingerprint density at radius 2 is 1.71 bits per heavy atom. The first kappa shape index (κ1) is 24.7. The Labute approximate surface area is 198 Å². The van der Waals surface area contributed by atoms with Crippen molar-refractivity contribution in [2.24, 2.45) is 0 Å². The summed E-state index contributed by atoms with van der Waals surface area (Å²) in [6, 6.07) is 16.9. The van der Waals surface area contributed by atoms with E-state index in [-0.39, 0.29) is 23.8 Å². The van der Waals surface area contributed by atoms with Crippen molar-refractivity contribution < 1.29 is 19.2 Å². The maximum absolute atomic E-state index is 13.3. The minimum absolute atomic E-state index is 0.167. The van der Waals surface area contributed by atoms with Gasteiger partial charge in [0.15, 0.2) is 0 Å². The lowest BCUT2D eigenvalue weighted by atomic mass is 10.0. The van der Waals surface area contributed by atoms with Crippen LogP contribution in [0.5, 0.6) is 0 Å². The highest BCUT2D eigenvalue weighted by Crippen LogP contribution is 2.28. The number of hydrogen-bond donors (Lipinski definition) is 1. The van der Waals surface area contributed by atoms with E-state index in [0.29, 0.717) is 12.1 Å². The normalized spacial score (nSPS) is 11.8. The van der Waals surface area contributed by atoms with E-state index in [9.17, 15) is 19.7 Å². The Kier molecular flexibility index (Phi) is 7.83. The van der Waals surface area contributed by atoms with Gasteiger partial charge in [-0.3, -0.25) is 19.7 Å². The smallest absolute Gasteiger partial charge is 0.308 e. The van der Waals surface area contributed by atoms with Gasteiger partial charge in [-0.25, -0.2) is 0 Å². The van der Waals surface area contributed by atoms with Crippen LogP contribution in [0.2, 0.25) is 0 Å². The molecule has 0 bridgehead atoms. The van der Waals surface area contributed by atoms with Gasteiger partial charge in [0, 0.05) is 24.0 Å². The summed E-state index contributed by atoms with van der Waals surface area (Å²) in [5.74, 6) is -0.957. The Hall–Kier alpha value is -3.94. The van der Waals surface area contributed by atoms with Crippen LogP contribution < -0.4 is 5.32 Å². The first-order valence-corrected chi connectivity index (χ1v) is 11.1. The van der Waals surface area contributed by atoms with E-state index in [2.05, 4.69) is 5.32 Å². The van der Waals surface area contributed by atoms with E-state index in [1.807, 2.05) is 48.7 Å². The summed E-state index contributed by atoms with van der Waals surface area (Å²) in [5, 5.41) is 14.4. The molecule has 0 saturated heterocycles. The number of nitro groups is 1. The number of carbonyl (C=O) groups is 2. The molecule has 2 aromatic carbocycles. The summed E-state index contributed by atoms with van der Waals surface area (Å²) in [6.07, 6.45) is -0.566. The second-order valence-electron chi connectivity index (χ2n) is 8.44. The molecular formula is C26H29N3O5. The molecule has 0 fully saturated rings. The van der Waals surface area contributed by atoms with Crippen molar-refractivity contribution >= 4 is 17.6 Å². The number of para-hydroxylation sites is 1. The number of rotatable bonds is 9. The molecule has 3 rings (SSSR count). The predicted octanol–water partition coefficient (Wildman–Crippen LogP) is 4.87. The van der Waals surface area contributed by atoms with Gasteiger partial charge in [0.2, 0.25) is 0 Å². The lowest BCUT2D eigenvalue weighted by Crippen LogP contribution is -2.31. The molecule has 0 spiro atoms. The zero-order valence-corrected chi connectivity index (χ0v) is 19.8. The third-order valence-electron chi connectivity index (χ3n) is 5.55. The molecule has 178 valence electrons. The van der Waals surface area contributed by atoms with Gasteiger partial charge in [-0.15, -0.1) is 0 Å². The molecule has 34 heavy (non-hydrogen) atoms. The number of benzene rings is 2. The van der Waals surface area contributed by atoms with Crippen molar-refractivity contribution in [2.75, 3.05) is 0 Å². The molecule has 0 saturated carbocycles. The fourth-order valence-corrected chi connectivity index (χ4v) is 3.94. The quantitative estimate of drug-likeness (QED) is 0.277. The van der Waals surface area contributed by atoms with E-state index >= 15 is 0 Å². The lowest BCUT2D eigenvalue weighted by Gasteiger charge is -2.19. The maximum Gasteiger partial charge on any atom is 0.308 e. The van der Waals surface area contributed by atoms with Gasteiger partial charge in [0.25, 0.3) is 11.6 Å². The van der Waals surface area contributed by atoms with Crippen LogP contribution in [0.3, 0.4) is 0 Å². The van der Waals surface area contributed by atoms with Crippen molar-refractivity contribution in [3.63, 3.8) is 0 Å². The summed E-state index contributed by atoms with van der Waals surface area (Å²) in [6.45, 7) is 7.83. The third kappa shape index (κ3) is 5.89. The summed E-state index contributed by atoms with van der Waals surface area (Å²) >= 11 is 0. The molecule has 1 aromatic heterocycles. The Morgan fingerprint density at radius 1 is 1.06 bits per heavy atom. The second kappa shape index (κ2) is 10.8.